The van der Waals surface area contributed by atoms with Gasteiger partial charge in [-0.1, -0.05) is 48.4 Å². The van der Waals surface area contributed by atoms with Gasteiger partial charge in [0.1, 0.15) is 5.76 Å². The molecule has 0 spiro atoms. The molecule has 5 nitrogen and oxygen atoms in total. The van der Waals surface area contributed by atoms with E-state index in [1.54, 1.807) is 0 Å². The van der Waals surface area contributed by atoms with E-state index in [2.05, 4.69) is 27.9 Å². The fourth-order valence-corrected chi connectivity index (χ4v) is 4.77. The summed E-state index contributed by atoms with van der Waals surface area (Å²) in [5.41, 5.74) is 2.77. The van der Waals surface area contributed by atoms with Crippen LogP contribution in [-0.2, 0) is 0 Å². The number of unbranched alkanes of at least 4 members (excludes halogenated alkanes) is 1. The predicted molar refractivity (Wildman–Crippen MR) is 135 cm³/mol. The Kier molecular flexibility index (Phi) is 7.16. The number of hydrogen-bond donors (Lipinski definition) is 1. The Morgan fingerprint density at radius 1 is 1.00 bits per heavy atom. The van der Waals surface area contributed by atoms with Crippen LogP contribution in [0.25, 0.3) is 21.8 Å². The van der Waals surface area contributed by atoms with E-state index in [9.17, 15) is 9.90 Å². The highest BCUT2D eigenvalue weighted by Crippen LogP contribution is 2.29. The van der Waals surface area contributed by atoms with E-state index < -0.39 is 0 Å². The molecule has 0 amide bonds. The number of terminal acetylenes is 1. The van der Waals surface area contributed by atoms with Crippen molar-refractivity contribution in [2.45, 2.75) is 26.2 Å². The Hall–Kier alpha value is -3.49. The maximum absolute atomic E-state index is 13.1. The molecule has 1 fully saturated rings. The van der Waals surface area contributed by atoms with Crippen molar-refractivity contribution in [3.63, 3.8) is 0 Å². The van der Waals surface area contributed by atoms with Crippen molar-refractivity contribution in [1.29, 1.82) is 0 Å². The Morgan fingerprint density at radius 2 is 1.61 bits per heavy atom. The predicted octanol–water partition coefficient (Wildman–Crippen LogP) is 5.20. The molecule has 2 aromatic carbocycles. The van der Waals surface area contributed by atoms with Gasteiger partial charge in [-0.2, -0.15) is 0 Å². The Labute approximate surface area is 195 Å². The van der Waals surface area contributed by atoms with Gasteiger partial charge in [-0.15, -0.1) is 6.42 Å². The average molecular weight is 442 g/mol. The maximum atomic E-state index is 13.1. The molecule has 0 radical (unpaired) electrons. The van der Waals surface area contributed by atoms with Gasteiger partial charge in [-0.3, -0.25) is 14.3 Å². The highest BCUT2D eigenvalue weighted by molar-refractivity contribution is 6.13. The van der Waals surface area contributed by atoms with Crippen LogP contribution in [0.4, 0.5) is 0 Å². The van der Waals surface area contributed by atoms with Gasteiger partial charge in [0.05, 0.1) is 16.7 Å². The van der Waals surface area contributed by atoms with Gasteiger partial charge in [0.15, 0.2) is 0 Å². The highest BCUT2D eigenvalue weighted by atomic mass is 16.3. The number of fused-ring (bicyclic) bond motifs is 3. The highest BCUT2D eigenvalue weighted by Gasteiger charge is 2.20. The molecular weight excluding hydrogens is 410 g/mol. The summed E-state index contributed by atoms with van der Waals surface area (Å²) in [5, 5.41) is 12.4. The van der Waals surface area contributed by atoms with Gasteiger partial charge in [-0.05, 0) is 38.4 Å². The minimum atomic E-state index is 0.150. The Balaban J connectivity index is 1.30. The number of piperazine rings is 1. The van der Waals surface area contributed by atoms with Crippen LogP contribution >= 0.6 is 0 Å². The van der Waals surface area contributed by atoms with E-state index in [4.69, 9.17) is 6.42 Å². The van der Waals surface area contributed by atoms with Crippen LogP contribution in [0.15, 0.2) is 72.1 Å². The number of rotatable bonds is 7. The summed E-state index contributed by atoms with van der Waals surface area (Å²) >= 11 is 0. The minimum absolute atomic E-state index is 0.150. The zero-order chi connectivity index (χ0) is 23.2. The minimum Gasteiger partial charge on any atom is -0.505 e. The summed E-state index contributed by atoms with van der Waals surface area (Å²) in [5.74, 6) is 2.69. The van der Waals surface area contributed by atoms with Crippen LogP contribution in [-0.4, -0.2) is 58.1 Å². The lowest BCUT2D eigenvalue weighted by Gasteiger charge is -2.37. The second-order valence-corrected chi connectivity index (χ2v) is 8.42. The molecule has 0 atom stereocenters. The molecule has 1 N–H and O–H groups in total. The van der Waals surface area contributed by atoms with Crippen molar-refractivity contribution < 1.29 is 9.90 Å². The molecule has 0 unspecified atom stereocenters. The lowest BCUT2D eigenvalue weighted by atomic mass is 10.2. The first-order chi connectivity index (χ1) is 16.1. The molecule has 1 aliphatic rings. The number of benzene rings is 2. The standard InChI is InChI=1S/C28H31N3O2/c1-3-11-27(32)24(4-2)30-20-18-29(19-21-30)17-10-9-16-28(33)31-25-14-7-5-12-22(25)23-13-6-8-15-26(23)31/h1,4-8,11-15,32H,9-10,16-21H2,2H3/b24-4+,27-11+. The molecule has 33 heavy (non-hydrogen) atoms. The van der Waals surface area contributed by atoms with Crippen LogP contribution in [0.3, 0.4) is 0 Å². The molecule has 4 rings (SSSR count). The summed E-state index contributed by atoms with van der Waals surface area (Å²) in [4.78, 5) is 17.7. The first-order valence-corrected chi connectivity index (χ1v) is 11.6. The first-order valence-electron chi connectivity index (χ1n) is 11.6. The van der Waals surface area contributed by atoms with Crippen molar-refractivity contribution >= 4 is 27.7 Å². The lowest BCUT2D eigenvalue weighted by Crippen LogP contribution is -2.46. The number of allylic oxidation sites excluding steroid dienone is 2. The van der Waals surface area contributed by atoms with Crippen LogP contribution in [0.2, 0.25) is 0 Å². The molecule has 1 aromatic heterocycles. The van der Waals surface area contributed by atoms with Crippen LogP contribution in [0.1, 0.15) is 31.0 Å². The maximum Gasteiger partial charge on any atom is 0.231 e. The smallest absolute Gasteiger partial charge is 0.231 e. The second-order valence-electron chi connectivity index (χ2n) is 8.42. The summed E-state index contributed by atoms with van der Waals surface area (Å²) in [6.07, 6.45) is 11.0. The van der Waals surface area contributed by atoms with Crippen molar-refractivity contribution in [3.05, 3.63) is 72.1 Å². The molecule has 2 heterocycles. The molecule has 1 aliphatic heterocycles. The molecule has 3 aromatic rings. The molecule has 170 valence electrons. The molecule has 5 heteroatoms. The van der Waals surface area contributed by atoms with Gasteiger partial charge < -0.3 is 10.0 Å². The largest absolute Gasteiger partial charge is 0.505 e. The SMILES string of the molecule is C#C/C=C(O)\C(=C/C)N1CCN(CCCCC(=O)n2c3ccccc3c3ccccc32)CC1. The van der Waals surface area contributed by atoms with E-state index in [-0.39, 0.29) is 11.7 Å². The molecule has 0 aliphatic carbocycles. The van der Waals surface area contributed by atoms with Crippen molar-refractivity contribution in [1.82, 2.24) is 14.4 Å². The number of nitrogens with zero attached hydrogens (tertiary/aromatic N) is 3. The fourth-order valence-electron chi connectivity index (χ4n) is 4.77. The zero-order valence-electron chi connectivity index (χ0n) is 19.2. The van der Waals surface area contributed by atoms with Gasteiger partial charge in [0.25, 0.3) is 0 Å². The monoisotopic (exact) mass is 441 g/mol. The van der Waals surface area contributed by atoms with Crippen LogP contribution in [0.5, 0.6) is 0 Å². The van der Waals surface area contributed by atoms with Gasteiger partial charge in [0.2, 0.25) is 5.91 Å². The summed E-state index contributed by atoms with van der Waals surface area (Å²) in [6, 6.07) is 16.3. The normalized spacial score (nSPS) is 15.8. The fraction of sp³-hybridized carbons (Fsp3) is 0.321. The zero-order valence-corrected chi connectivity index (χ0v) is 19.2. The Morgan fingerprint density at radius 3 is 2.18 bits per heavy atom. The van der Waals surface area contributed by atoms with Crippen molar-refractivity contribution in [2.24, 2.45) is 0 Å². The van der Waals surface area contributed by atoms with Crippen molar-refractivity contribution in [2.75, 3.05) is 32.7 Å². The van der Waals surface area contributed by atoms with E-state index in [0.717, 1.165) is 73.1 Å². The van der Waals surface area contributed by atoms with E-state index in [1.807, 2.05) is 54.0 Å². The number of aliphatic hydroxyl groups is 1. The molecule has 1 saturated heterocycles. The van der Waals surface area contributed by atoms with Crippen molar-refractivity contribution in [3.8, 4) is 12.3 Å². The number of carbonyl (C=O) groups excluding carboxylic acids is 1. The third-order valence-corrected chi connectivity index (χ3v) is 6.41. The number of aromatic nitrogens is 1. The molecule has 0 bridgehead atoms. The lowest BCUT2D eigenvalue weighted by molar-refractivity contribution is 0.0906. The third-order valence-electron chi connectivity index (χ3n) is 6.41. The number of aliphatic hydroxyl groups excluding tert-OH is 1. The Bertz CT molecular complexity index is 1180. The summed E-state index contributed by atoms with van der Waals surface area (Å²) in [7, 11) is 0. The number of hydrogen-bond acceptors (Lipinski definition) is 4. The van der Waals surface area contributed by atoms with Crippen LogP contribution in [0, 0.1) is 12.3 Å². The average Bonchev–Trinajstić information content (AvgIpc) is 3.18. The summed E-state index contributed by atoms with van der Waals surface area (Å²) in [6.45, 7) is 6.45. The first kappa shape index (κ1) is 22.7. The van der Waals surface area contributed by atoms with Gasteiger partial charge in [0, 0.05) is 49.4 Å². The summed E-state index contributed by atoms with van der Waals surface area (Å²) < 4.78 is 1.89. The second kappa shape index (κ2) is 10.4. The van der Waals surface area contributed by atoms with Crippen LogP contribution < -0.4 is 0 Å². The quantitative estimate of drug-likeness (QED) is 0.237. The van der Waals surface area contributed by atoms with E-state index in [1.165, 1.54) is 6.08 Å². The van der Waals surface area contributed by atoms with Gasteiger partial charge >= 0.3 is 0 Å². The number of carbonyl (C=O) groups is 1. The van der Waals surface area contributed by atoms with Gasteiger partial charge in [-0.25, -0.2) is 0 Å². The number of para-hydroxylation sites is 2. The van der Waals surface area contributed by atoms with E-state index >= 15 is 0 Å². The third kappa shape index (κ3) is 4.81. The molecule has 0 saturated carbocycles. The van der Waals surface area contributed by atoms with E-state index in [0.29, 0.717) is 6.42 Å². The molecular formula is C28H31N3O2. The topological polar surface area (TPSA) is 48.7 Å².